The fourth-order valence-corrected chi connectivity index (χ4v) is 1.15. The van der Waals surface area contributed by atoms with Gasteiger partial charge in [-0.15, -0.1) is 0 Å². The normalized spacial score (nSPS) is 28.4. The van der Waals surface area contributed by atoms with Crippen LogP contribution in [0.15, 0.2) is 0 Å². The molecular weight excluding hydrogens is 124 g/mol. The lowest BCUT2D eigenvalue weighted by Crippen LogP contribution is -2.22. The standard InChI is InChI=1S/C4H6N2OS/c1-2-3(7)6-4(5)8-2/h2H,1H3,(H2,5,6,7)/t2-/m0/s1. The number of nitrogens with one attached hydrogen (secondary N) is 2. The van der Waals surface area contributed by atoms with Gasteiger partial charge in [-0.2, -0.15) is 0 Å². The molecule has 4 heteroatoms. The molecule has 1 rings (SSSR count). The molecule has 0 unspecified atom stereocenters. The molecule has 0 aromatic carbocycles. The van der Waals surface area contributed by atoms with Crippen LogP contribution in [0, 0.1) is 5.41 Å². The number of rotatable bonds is 0. The van der Waals surface area contributed by atoms with E-state index in [2.05, 4.69) is 5.32 Å². The Labute approximate surface area is 51.3 Å². The summed E-state index contributed by atoms with van der Waals surface area (Å²) in [7, 11) is 0. The highest BCUT2D eigenvalue weighted by atomic mass is 32.2. The van der Waals surface area contributed by atoms with Crippen LogP contribution in [0.3, 0.4) is 0 Å². The number of carbonyl (C=O) groups is 1. The molecule has 0 aliphatic carbocycles. The second-order valence-corrected chi connectivity index (χ2v) is 2.93. The summed E-state index contributed by atoms with van der Waals surface area (Å²) in [4.78, 5) is 10.5. The van der Waals surface area contributed by atoms with E-state index in [4.69, 9.17) is 5.41 Å². The molecular formula is C4H6N2OS. The molecule has 1 atom stereocenters. The maximum atomic E-state index is 10.5. The maximum Gasteiger partial charge on any atom is 0.239 e. The number of carbonyl (C=O) groups excluding carboxylic acids is 1. The van der Waals surface area contributed by atoms with Gasteiger partial charge < -0.3 is 5.32 Å². The summed E-state index contributed by atoms with van der Waals surface area (Å²) in [6.07, 6.45) is 0. The van der Waals surface area contributed by atoms with Gasteiger partial charge in [0.05, 0.1) is 5.25 Å². The van der Waals surface area contributed by atoms with Gasteiger partial charge in [-0.3, -0.25) is 10.2 Å². The van der Waals surface area contributed by atoms with Gasteiger partial charge in [0, 0.05) is 0 Å². The van der Waals surface area contributed by atoms with Gasteiger partial charge in [0.25, 0.3) is 0 Å². The first-order valence-electron chi connectivity index (χ1n) is 2.26. The van der Waals surface area contributed by atoms with E-state index in [0.29, 0.717) is 0 Å². The van der Waals surface area contributed by atoms with Crippen LogP contribution in [0.4, 0.5) is 0 Å². The largest absolute Gasteiger partial charge is 0.305 e. The summed E-state index contributed by atoms with van der Waals surface area (Å²) >= 11 is 1.25. The molecule has 1 amide bonds. The molecule has 8 heavy (non-hydrogen) atoms. The monoisotopic (exact) mass is 130 g/mol. The van der Waals surface area contributed by atoms with Gasteiger partial charge in [-0.1, -0.05) is 11.8 Å². The topological polar surface area (TPSA) is 53.0 Å². The Bertz CT molecular complexity index is 145. The molecule has 0 radical (unpaired) electrons. The quantitative estimate of drug-likeness (QED) is 0.491. The molecule has 2 N–H and O–H groups in total. The van der Waals surface area contributed by atoms with E-state index >= 15 is 0 Å². The summed E-state index contributed by atoms with van der Waals surface area (Å²) in [5, 5.41) is 9.51. The van der Waals surface area contributed by atoms with Gasteiger partial charge in [-0.05, 0) is 6.92 Å². The number of thioether (sulfide) groups is 1. The molecule has 1 aliphatic heterocycles. The van der Waals surface area contributed by atoms with Crippen molar-refractivity contribution in [2.75, 3.05) is 0 Å². The van der Waals surface area contributed by atoms with Crippen LogP contribution in [0.5, 0.6) is 0 Å². The minimum atomic E-state index is -0.0671. The van der Waals surface area contributed by atoms with Crippen molar-refractivity contribution < 1.29 is 4.79 Å². The second kappa shape index (κ2) is 1.78. The highest BCUT2D eigenvalue weighted by Crippen LogP contribution is 2.15. The van der Waals surface area contributed by atoms with E-state index in [9.17, 15) is 4.79 Å². The fraction of sp³-hybridized carbons (Fsp3) is 0.500. The zero-order valence-corrected chi connectivity index (χ0v) is 5.21. The van der Waals surface area contributed by atoms with Crippen LogP contribution >= 0.6 is 11.8 Å². The minimum Gasteiger partial charge on any atom is -0.305 e. The third-order valence-corrected chi connectivity index (χ3v) is 1.81. The Morgan fingerprint density at radius 1 is 1.88 bits per heavy atom. The zero-order valence-electron chi connectivity index (χ0n) is 4.39. The lowest BCUT2D eigenvalue weighted by molar-refractivity contribution is -0.118. The highest BCUT2D eigenvalue weighted by molar-refractivity contribution is 8.15. The lowest BCUT2D eigenvalue weighted by atomic mass is 10.5. The van der Waals surface area contributed by atoms with E-state index in [-0.39, 0.29) is 16.3 Å². The Morgan fingerprint density at radius 3 is 2.62 bits per heavy atom. The van der Waals surface area contributed by atoms with Crippen molar-refractivity contribution in [3.8, 4) is 0 Å². The minimum absolute atomic E-state index is 0.0556. The molecule has 1 saturated heterocycles. The Balaban J connectivity index is 2.64. The summed E-state index contributed by atoms with van der Waals surface area (Å²) in [5.74, 6) is -0.0556. The molecule has 1 aliphatic rings. The predicted molar refractivity (Wildman–Crippen MR) is 32.9 cm³/mol. The first kappa shape index (κ1) is 5.62. The van der Waals surface area contributed by atoms with Crippen molar-refractivity contribution >= 4 is 22.8 Å². The van der Waals surface area contributed by atoms with Crippen molar-refractivity contribution in [1.29, 1.82) is 5.41 Å². The van der Waals surface area contributed by atoms with Crippen LogP contribution < -0.4 is 5.32 Å². The van der Waals surface area contributed by atoms with Crippen molar-refractivity contribution in [3.63, 3.8) is 0 Å². The number of amidine groups is 1. The lowest BCUT2D eigenvalue weighted by Gasteiger charge is -1.87. The Hall–Kier alpha value is -0.510. The third-order valence-electron chi connectivity index (χ3n) is 0.901. The van der Waals surface area contributed by atoms with E-state index in [1.807, 2.05) is 0 Å². The number of amides is 1. The van der Waals surface area contributed by atoms with Gasteiger partial charge in [0.15, 0.2) is 5.17 Å². The first-order valence-corrected chi connectivity index (χ1v) is 3.14. The zero-order chi connectivity index (χ0) is 6.15. The average molecular weight is 130 g/mol. The van der Waals surface area contributed by atoms with Crippen molar-refractivity contribution in [2.45, 2.75) is 12.2 Å². The van der Waals surface area contributed by atoms with E-state index in [1.165, 1.54) is 11.8 Å². The van der Waals surface area contributed by atoms with E-state index in [0.717, 1.165) is 0 Å². The highest BCUT2D eigenvalue weighted by Gasteiger charge is 2.23. The second-order valence-electron chi connectivity index (χ2n) is 1.58. The van der Waals surface area contributed by atoms with Crippen LogP contribution in [-0.2, 0) is 4.79 Å². The molecule has 0 aromatic heterocycles. The van der Waals surface area contributed by atoms with Crippen molar-refractivity contribution in [1.82, 2.24) is 5.32 Å². The molecule has 0 bridgehead atoms. The summed E-state index contributed by atoms with van der Waals surface area (Å²) in [5.41, 5.74) is 0. The molecule has 0 saturated carbocycles. The number of hydrogen-bond acceptors (Lipinski definition) is 3. The summed E-state index contributed by atoms with van der Waals surface area (Å²) in [6, 6.07) is 0. The van der Waals surface area contributed by atoms with Crippen molar-refractivity contribution in [2.24, 2.45) is 0 Å². The van der Waals surface area contributed by atoms with Gasteiger partial charge in [-0.25, -0.2) is 0 Å². The maximum absolute atomic E-state index is 10.5. The first-order chi connectivity index (χ1) is 3.70. The number of hydrogen-bond donors (Lipinski definition) is 2. The van der Waals surface area contributed by atoms with E-state index < -0.39 is 0 Å². The molecule has 0 spiro atoms. The molecule has 1 heterocycles. The van der Waals surface area contributed by atoms with Gasteiger partial charge >= 0.3 is 0 Å². The molecule has 0 aromatic rings. The van der Waals surface area contributed by atoms with Crippen LogP contribution in [0.1, 0.15) is 6.92 Å². The summed E-state index contributed by atoms with van der Waals surface area (Å²) in [6.45, 7) is 1.78. The predicted octanol–water partition coefficient (Wildman–Crippen LogP) is 0.173. The molecule has 1 fully saturated rings. The Morgan fingerprint density at radius 2 is 2.50 bits per heavy atom. The average Bonchev–Trinajstić information content (AvgIpc) is 1.85. The smallest absolute Gasteiger partial charge is 0.239 e. The van der Waals surface area contributed by atoms with Crippen LogP contribution in [0.2, 0.25) is 0 Å². The van der Waals surface area contributed by atoms with E-state index in [1.54, 1.807) is 6.92 Å². The van der Waals surface area contributed by atoms with Crippen LogP contribution in [0.25, 0.3) is 0 Å². The molecule has 3 nitrogen and oxygen atoms in total. The van der Waals surface area contributed by atoms with Crippen molar-refractivity contribution in [3.05, 3.63) is 0 Å². The van der Waals surface area contributed by atoms with Crippen LogP contribution in [-0.4, -0.2) is 16.3 Å². The summed E-state index contributed by atoms with van der Waals surface area (Å²) < 4.78 is 0. The van der Waals surface area contributed by atoms with Gasteiger partial charge in [0.2, 0.25) is 5.91 Å². The molecule has 44 valence electrons. The third kappa shape index (κ3) is 0.838. The fourth-order valence-electron chi connectivity index (χ4n) is 0.473. The van der Waals surface area contributed by atoms with Gasteiger partial charge in [0.1, 0.15) is 0 Å². The SMILES string of the molecule is C[C@@H]1SC(=N)NC1=O. The Kier molecular flexibility index (Phi) is 1.25.